The van der Waals surface area contributed by atoms with Gasteiger partial charge in [-0.3, -0.25) is 0 Å². The zero-order valence-electron chi connectivity index (χ0n) is 11.1. The Morgan fingerprint density at radius 2 is 1.84 bits per heavy atom. The number of nitrogens with zero attached hydrogens (tertiary/aromatic N) is 2. The van der Waals surface area contributed by atoms with E-state index in [-0.39, 0.29) is 16.3 Å². The smallest absolute Gasteiger partial charge is 0.285 e. The summed E-state index contributed by atoms with van der Waals surface area (Å²) < 4.78 is 41.6. The van der Waals surface area contributed by atoms with Crippen LogP contribution in [0.1, 0.15) is 32.3 Å². The largest absolute Gasteiger partial charge is 0.355 e. The molecule has 104 valence electrons. The first kappa shape index (κ1) is 14.0. The van der Waals surface area contributed by atoms with Gasteiger partial charge in [-0.05, 0) is 25.0 Å². The van der Waals surface area contributed by atoms with Crippen LogP contribution < -0.4 is 0 Å². The summed E-state index contributed by atoms with van der Waals surface area (Å²) in [7, 11) is -3.75. The summed E-state index contributed by atoms with van der Waals surface area (Å²) in [4.78, 5) is 1.81. The SMILES string of the molecule is CCCN(CCC)C1=NS(=O)(=O)c2cccc(F)c21. The fraction of sp³-hybridized carbons (Fsp3) is 0.462. The molecule has 0 atom stereocenters. The predicted octanol–water partition coefficient (Wildman–Crippen LogP) is 2.40. The molecule has 0 aromatic heterocycles. The van der Waals surface area contributed by atoms with E-state index in [0.29, 0.717) is 13.1 Å². The van der Waals surface area contributed by atoms with Crippen LogP contribution in [-0.2, 0) is 10.0 Å². The highest BCUT2D eigenvalue weighted by Crippen LogP contribution is 2.29. The van der Waals surface area contributed by atoms with Crippen molar-refractivity contribution in [2.45, 2.75) is 31.6 Å². The molecule has 0 aliphatic carbocycles. The van der Waals surface area contributed by atoms with Crippen molar-refractivity contribution in [2.24, 2.45) is 4.40 Å². The molecule has 1 heterocycles. The second-order valence-electron chi connectivity index (χ2n) is 4.49. The van der Waals surface area contributed by atoms with Crippen molar-refractivity contribution in [1.82, 2.24) is 4.90 Å². The van der Waals surface area contributed by atoms with Gasteiger partial charge >= 0.3 is 0 Å². The Morgan fingerprint density at radius 1 is 1.21 bits per heavy atom. The third-order valence-electron chi connectivity index (χ3n) is 2.97. The van der Waals surface area contributed by atoms with Gasteiger partial charge in [0.25, 0.3) is 10.0 Å². The summed E-state index contributed by atoms with van der Waals surface area (Å²) in [5.41, 5.74) is 0.115. The van der Waals surface area contributed by atoms with Gasteiger partial charge in [0.1, 0.15) is 10.7 Å². The molecule has 1 aliphatic heterocycles. The Hall–Kier alpha value is -1.43. The highest BCUT2D eigenvalue weighted by atomic mass is 32.2. The molecular formula is C13H17FN2O2S. The minimum Gasteiger partial charge on any atom is -0.355 e. The molecule has 4 nitrogen and oxygen atoms in total. The van der Waals surface area contributed by atoms with E-state index in [0.717, 1.165) is 12.8 Å². The van der Waals surface area contributed by atoms with Gasteiger partial charge in [0.2, 0.25) is 0 Å². The van der Waals surface area contributed by atoms with E-state index >= 15 is 0 Å². The van der Waals surface area contributed by atoms with Gasteiger partial charge in [-0.15, -0.1) is 4.40 Å². The monoisotopic (exact) mass is 284 g/mol. The maximum Gasteiger partial charge on any atom is 0.285 e. The van der Waals surface area contributed by atoms with Gasteiger partial charge in [0.15, 0.2) is 5.84 Å². The normalized spacial score (nSPS) is 16.1. The lowest BCUT2D eigenvalue weighted by Crippen LogP contribution is -2.33. The van der Waals surface area contributed by atoms with E-state index in [1.165, 1.54) is 18.2 Å². The van der Waals surface area contributed by atoms with Crippen LogP contribution in [0.25, 0.3) is 0 Å². The second kappa shape index (κ2) is 5.28. The van der Waals surface area contributed by atoms with Crippen molar-refractivity contribution in [2.75, 3.05) is 13.1 Å². The van der Waals surface area contributed by atoms with Crippen molar-refractivity contribution < 1.29 is 12.8 Å². The zero-order valence-corrected chi connectivity index (χ0v) is 11.9. The minimum absolute atomic E-state index is 0.0280. The van der Waals surface area contributed by atoms with Crippen LogP contribution in [0.5, 0.6) is 0 Å². The Kier molecular flexibility index (Phi) is 3.89. The van der Waals surface area contributed by atoms with Crippen molar-refractivity contribution in [1.29, 1.82) is 0 Å². The first-order chi connectivity index (χ1) is 9.01. The number of amidine groups is 1. The lowest BCUT2D eigenvalue weighted by Gasteiger charge is -2.23. The van der Waals surface area contributed by atoms with Crippen LogP contribution in [0.3, 0.4) is 0 Å². The second-order valence-corrected chi connectivity index (χ2v) is 6.06. The average molecular weight is 284 g/mol. The summed E-state index contributed by atoms with van der Waals surface area (Å²) in [6.07, 6.45) is 1.70. The summed E-state index contributed by atoms with van der Waals surface area (Å²) in [6.45, 7) is 5.32. The third kappa shape index (κ3) is 2.49. The first-order valence-corrected chi connectivity index (χ1v) is 7.84. The number of hydrogen-bond donors (Lipinski definition) is 0. The van der Waals surface area contributed by atoms with Gasteiger partial charge in [0, 0.05) is 13.1 Å². The molecule has 0 unspecified atom stereocenters. The number of halogens is 1. The lowest BCUT2D eigenvalue weighted by molar-refractivity contribution is 0.416. The minimum atomic E-state index is -3.75. The molecule has 2 rings (SSSR count). The summed E-state index contributed by atoms with van der Waals surface area (Å²) in [6, 6.07) is 4.07. The van der Waals surface area contributed by atoms with Gasteiger partial charge in [-0.1, -0.05) is 19.9 Å². The van der Waals surface area contributed by atoms with Gasteiger partial charge in [0.05, 0.1) is 5.56 Å². The van der Waals surface area contributed by atoms with Crippen LogP contribution in [0.15, 0.2) is 27.5 Å². The maximum atomic E-state index is 14.0. The van der Waals surface area contributed by atoms with E-state index in [1.807, 2.05) is 18.7 Å². The molecule has 1 aromatic rings. The lowest BCUT2D eigenvalue weighted by atomic mass is 10.1. The van der Waals surface area contributed by atoms with Crippen LogP contribution in [0, 0.1) is 5.82 Å². The van der Waals surface area contributed by atoms with Gasteiger partial charge in [-0.2, -0.15) is 8.42 Å². The standard InChI is InChI=1S/C13H17FN2O2S/c1-3-8-16(9-4-2)13-12-10(14)6-5-7-11(12)19(17,18)15-13/h5-7H,3-4,8-9H2,1-2H3. The number of fused-ring (bicyclic) bond motifs is 1. The van der Waals surface area contributed by atoms with Crippen LogP contribution in [0.2, 0.25) is 0 Å². The molecule has 1 aromatic carbocycles. The fourth-order valence-corrected chi connectivity index (χ4v) is 3.45. The summed E-state index contributed by atoms with van der Waals surface area (Å²) >= 11 is 0. The summed E-state index contributed by atoms with van der Waals surface area (Å²) in [5.74, 6) is -0.286. The van der Waals surface area contributed by atoms with Gasteiger partial charge in [-0.25, -0.2) is 4.39 Å². The molecule has 0 N–H and O–H groups in total. The Labute approximate surface area is 113 Å². The van der Waals surface area contributed by atoms with Gasteiger partial charge < -0.3 is 4.90 Å². The fourth-order valence-electron chi connectivity index (χ4n) is 2.22. The number of rotatable bonds is 4. The molecule has 0 saturated carbocycles. The van der Waals surface area contributed by atoms with E-state index in [9.17, 15) is 12.8 Å². The maximum absolute atomic E-state index is 14.0. The molecule has 0 spiro atoms. The molecule has 0 amide bonds. The van der Waals surface area contributed by atoms with E-state index in [4.69, 9.17) is 0 Å². The Bertz CT molecular complexity index is 605. The highest BCUT2D eigenvalue weighted by molar-refractivity contribution is 7.90. The van der Waals surface area contributed by atoms with E-state index < -0.39 is 15.8 Å². The molecule has 19 heavy (non-hydrogen) atoms. The molecule has 0 bridgehead atoms. The quantitative estimate of drug-likeness (QED) is 0.853. The van der Waals surface area contributed by atoms with Crippen molar-refractivity contribution >= 4 is 15.9 Å². The van der Waals surface area contributed by atoms with Crippen LogP contribution in [0.4, 0.5) is 4.39 Å². The van der Waals surface area contributed by atoms with E-state index in [1.54, 1.807) is 0 Å². The number of benzene rings is 1. The average Bonchev–Trinajstić information content (AvgIpc) is 2.63. The van der Waals surface area contributed by atoms with Crippen molar-refractivity contribution in [3.05, 3.63) is 29.6 Å². The molecule has 1 aliphatic rings. The topological polar surface area (TPSA) is 49.7 Å². The zero-order chi connectivity index (χ0) is 14.0. The molecule has 0 saturated heterocycles. The number of sulfonamides is 1. The van der Waals surface area contributed by atoms with Crippen LogP contribution in [-0.4, -0.2) is 32.2 Å². The van der Waals surface area contributed by atoms with Crippen molar-refractivity contribution in [3.8, 4) is 0 Å². The molecule has 6 heteroatoms. The molecule has 0 radical (unpaired) electrons. The molecular weight excluding hydrogens is 267 g/mol. The number of hydrogen-bond acceptors (Lipinski definition) is 3. The first-order valence-electron chi connectivity index (χ1n) is 6.40. The predicted molar refractivity (Wildman–Crippen MR) is 72.3 cm³/mol. The van der Waals surface area contributed by atoms with Crippen molar-refractivity contribution in [3.63, 3.8) is 0 Å². The third-order valence-corrected chi connectivity index (χ3v) is 4.28. The Balaban J connectivity index is 2.54. The van der Waals surface area contributed by atoms with E-state index in [2.05, 4.69) is 4.40 Å². The van der Waals surface area contributed by atoms with Crippen LogP contribution >= 0.6 is 0 Å². The molecule has 0 fully saturated rings. The summed E-state index contributed by atoms with van der Waals surface area (Å²) in [5, 5.41) is 0. The highest BCUT2D eigenvalue weighted by Gasteiger charge is 2.33. The Morgan fingerprint density at radius 3 is 2.42 bits per heavy atom.